The van der Waals surface area contributed by atoms with Crippen molar-refractivity contribution in [1.82, 2.24) is 10.6 Å². The molecule has 0 amide bonds. The molecule has 1 atom stereocenters. The minimum Gasteiger partial charge on any atom is -0.352 e. The molecular formula is C18H15ClN2S. The standard InChI is InChI=1S/C18H15ClN2S/c19-13-8-5-12(6-9-13)16-15-10-7-11-3-1-2-4-14(11)17(15)21-18(22)20-16/h1-6,8-9,16H,7,10H2,(H2,20,21,22)/t16-/m0/s1. The lowest BCUT2D eigenvalue weighted by Gasteiger charge is -2.35. The van der Waals surface area contributed by atoms with Crippen LogP contribution in [-0.4, -0.2) is 5.11 Å². The topological polar surface area (TPSA) is 24.1 Å². The fourth-order valence-corrected chi connectivity index (χ4v) is 3.64. The largest absolute Gasteiger partial charge is 0.352 e. The van der Waals surface area contributed by atoms with Gasteiger partial charge in [0.2, 0.25) is 0 Å². The number of aryl methyl sites for hydroxylation is 1. The average molecular weight is 327 g/mol. The van der Waals surface area contributed by atoms with Gasteiger partial charge in [0.15, 0.2) is 5.11 Å². The molecule has 0 aromatic heterocycles. The van der Waals surface area contributed by atoms with E-state index in [-0.39, 0.29) is 6.04 Å². The number of hydrogen-bond donors (Lipinski definition) is 2. The highest BCUT2D eigenvalue weighted by Crippen LogP contribution is 2.38. The Balaban J connectivity index is 1.84. The van der Waals surface area contributed by atoms with Gasteiger partial charge in [0, 0.05) is 16.3 Å². The Kier molecular flexibility index (Phi) is 3.40. The third-order valence-electron chi connectivity index (χ3n) is 4.34. The van der Waals surface area contributed by atoms with Crippen molar-refractivity contribution < 1.29 is 0 Å². The van der Waals surface area contributed by atoms with Gasteiger partial charge in [0.1, 0.15) is 0 Å². The molecule has 4 rings (SSSR count). The normalized spacial score (nSPS) is 19.9. The van der Waals surface area contributed by atoms with Gasteiger partial charge in [-0.25, -0.2) is 0 Å². The molecule has 0 unspecified atom stereocenters. The van der Waals surface area contributed by atoms with Crippen LogP contribution in [0.3, 0.4) is 0 Å². The third kappa shape index (κ3) is 2.31. The molecule has 2 aliphatic rings. The third-order valence-corrected chi connectivity index (χ3v) is 4.81. The molecule has 2 aromatic rings. The molecule has 4 heteroatoms. The van der Waals surface area contributed by atoms with Crippen LogP contribution < -0.4 is 10.6 Å². The Morgan fingerprint density at radius 3 is 2.59 bits per heavy atom. The Morgan fingerprint density at radius 2 is 1.77 bits per heavy atom. The number of benzene rings is 2. The van der Waals surface area contributed by atoms with Crippen LogP contribution in [-0.2, 0) is 6.42 Å². The summed E-state index contributed by atoms with van der Waals surface area (Å²) >= 11 is 11.4. The van der Waals surface area contributed by atoms with E-state index in [2.05, 4.69) is 47.0 Å². The number of halogens is 1. The van der Waals surface area contributed by atoms with Crippen LogP contribution in [0.5, 0.6) is 0 Å². The van der Waals surface area contributed by atoms with Gasteiger partial charge >= 0.3 is 0 Å². The fraction of sp³-hybridized carbons (Fsp3) is 0.167. The molecule has 110 valence electrons. The van der Waals surface area contributed by atoms with Crippen molar-refractivity contribution in [2.24, 2.45) is 0 Å². The molecular weight excluding hydrogens is 312 g/mol. The average Bonchev–Trinajstić information content (AvgIpc) is 2.55. The summed E-state index contributed by atoms with van der Waals surface area (Å²) in [5.74, 6) is 0. The summed E-state index contributed by atoms with van der Waals surface area (Å²) in [6.07, 6.45) is 2.09. The zero-order chi connectivity index (χ0) is 15.1. The lowest BCUT2D eigenvalue weighted by Crippen LogP contribution is -2.44. The SMILES string of the molecule is S=C1NC2=C(CCc3ccccc32)[C@H](c2ccc(Cl)cc2)N1. The Bertz CT molecular complexity index is 780. The van der Waals surface area contributed by atoms with Gasteiger partial charge in [-0.2, -0.15) is 0 Å². The Hall–Kier alpha value is -1.84. The minimum atomic E-state index is 0.120. The quantitative estimate of drug-likeness (QED) is 0.767. The monoisotopic (exact) mass is 326 g/mol. The molecule has 0 saturated carbocycles. The molecule has 0 radical (unpaired) electrons. The zero-order valence-corrected chi connectivity index (χ0v) is 13.5. The summed E-state index contributed by atoms with van der Waals surface area (Å²) in [7, 11) is 0. The van der Waals surface area contributed by atoms with Crippen molar-refractivity contribution in [2.75, 3.05) is 0 Å². The number of thiocarbonyl (C=S) groups is 1. The van der Waals surface area contributed by atoms with Crippen LogP contribution in [0.4, 0.5) is 0 Å². The van der Waals surface area contributed by atoms with E-state index in [9.17, 15) is 0 Å². The van der Waals surface area contributed by atoms with E-state index in [0.717, 1.165) is 17.9 Å². The van der Waals surface area contributed by atoms with Gasteiger partial charge in [0.05, 0.1) is 6.04 Å². The number of rotatable bonds is 1. The van der Waals surface area contributed by atoms with Crippen LogP contribution in [0.2, 0.25) is 5.02 Å². The van der Waals surface area contributed by atoms with Crippen molar-refractivity contribution in [3.8, 4) is 0 Å². The second-order valence-electron chi connectivity index (χ2n) is 5.64. The lowest BCUT2D eigenvalue weighted by atomic mass is 9.83. The van der Waals surface area contributed by atoms with Crippen molar-refractivity contribution >= 4 is 34.6 Å². The van der Waals surface area contributed by atoms with Crippen LogP contribution in [0.15, 0.2) is 54.1 Å². The van der Waals surface area contributed by atoms with Crippen LogP contribution >= 0.6 is 23.8 Å². The van der Waals surface area contributed by atoms with E-state index in [0.29, 0.717) is 5.11 Å². The summed E-state index contributed by atoms with van der Waals surface area (Å²) in [6.45, 7) is 0. The summed E-state index contributed by atoms with van der Waals surface area (Å²) in [4.78, 5) is 0. The van der Waals surface area contributed by atoms with E-state index >= 15 is 0 Å². The molecule has 22 heavy (non-hydrogen) atoms. The summed E-state index contributed by atoms with van der Waals surface area (Å²) < 4.78 is 0. The highest BCUT2D eigenvalue weighted by Gasteiger charge is 2.30. The number of fused-ring (bicyclic) bond motifs is 2. The van der Waals surface area contributed by atoms with E-state index < -0.39 is 0 Å². The first-order valence-corrected chi connectivity index (χ1v) is 8.15. The van der Waals surface area contributed by atoms with Crippen LogP contribution in [0, 0.1) is 0 Å². The van der Waals surface area contributed by atoms with Crippen LogP contribution in [0.1, 0.15) is 29.2 Å². The predicted octanol–water partition coefficient (Wildman–Crippen LogP) is 4.22. The van der Waals surface area contributed by atoms with Gasteiger partial charge < -0.3 is 10.6 Å². The first-order valence-electron chi connectivity index (χ1n) is 7.36. The highest BCUT2D eigenvalue weighted by molar-refractivity contribution is 7.80. The van der Waals surface area contributed by atoms with Gasteiger partial charge in [-0.1, -0.05) is 48.0 Å². The number of hydrogen-bond acceptors (Lipinski definition) is 1. The second kappa shape index (κ2) is 5.41. The van der Waals surface area contributed by atoms with Crippen molar-refractivity contribution in [3.05, 3.63) is 75.8 Å². The van der Waals surface area contributed by atoms with E-state index in [1.165, 1.54) is 28.0 Å². The Morgan fingerprint density at radius 1 is 1.00 bits per heavy atom. The zero-order valence-electron chi connectivity index (χ0n) is 11.9. The van der Waals surface area contributed by atoms with Crippen LogP contribution in [0.25, 0.3) is 5.70 Å². The first kappa shape index (κ1) is 13.8. The fourth-order valence-electron chi connectivity index (χ4n) is 3.29. The van der Waals surface area contributed by atoms with E-state index in [1.807, 2.05) is 12.1 Å². The molecule has 0 saturated heterocycles. The van der Waals surface area contributed by atoms with Gasteiger partial charge in [-0.05, 0) is 53.9 Å². The maximum atomic E-state index is 6.01. The Labute approximate surface area is 140 Å². The summed E-state index contributed by atoms with van der Waals surface area (Å²) in [5, 5.41) is 8.19. The van der Waals surface area contributed by atoms with Crippen molar-refractivity contribution in [1.29, 1.82) is 0 Å². The maximum absolute atomic E-state index is 6.01. The second-order valence-corrected chi connectivity index (χ2v) is 6.49. The number of nitrogens with one attached hydrogen (secondary N) is 2. The van der Waals surface area contributed by atoms with E-state index in [1.54, 1.807) is 0 Å². The first-order chi connectivity index (χ1) is 10.7. The van der Waals surface area contributed by atoms with Gasteiger partial charge in [0.25, 0.3) is 0 Å². The molecule has 1 aliphatic carbocycles. The van der Waals surface area contributed by atoms with E-state index in [4.69, 9.17) is 23.8 Å². The highest BCUT2D eigenvalue weighted by atomic mass is 35.5. The molecule has 1 aliphatic heterocycles. The molecule has 1 heterocycles. The molecule has 2 N–H and O–H groups in total. The van der Waals surface area contributed by atoms with Crippen molar-refractivity contribution in [2.45, 2.75) is 18.9 Å². The minimum absolute atomic E-state index is 0.120. The maximum Gasteiger partial charge on any atom is 0.171 e. The molecule has 2 nitrogen and oxygen atoms in total. The van der Waals surface area contributed by atoms with Crippen molar-refractivity contribution in [3.63, 3.8) is 0 Å². The van der Waals surface area contributed by atoms with Gasteiger partial charge in [-0.15, -0.1) is 0 Å². The summed E-state index contributed by atoms with van der Waals surface area (Å²) in [6, 6.07) is 16.7. The smallest absolute Gasteiger partial charge is 0.171 e. The predicted molar refractivity (Wildman–Crippen MR) is 94.7 cm³/mol. The van der Waals surface area contributed by atoms with Gasteiger partial charge in [-0.3, -0.25) is 0 Å². The molecule has 2 aromatic carbocycles. The molecule has 0 fully saturated rings. The molecule has 0 bridgehead atoms. The molecule has 0 spiro atoms. The summed E-state index contributed by atoms with van der Waals surface area (Å²) in [5.41, 5.74) is 6.39. The lowest BCUT2D eigenvalue weighted by molar-refractivity contribution is 0.667.